The van der Waals surface area contributed by atoms with Gasteiger partial charge in [0.2, 0.25) is 0 Å². The Morgan fingerprint density at radius 1 is 1.35 bits per heavy atom. The predicted molar refractivity (Wildman–Crippen MR) is 77.1 cm³/mol. The first-order valence-electron chi connectivity index (χ1n) is 7.34. The fourth-order valence-electron chi connectivity index (χ4n) is 3.66. The van der Waals surface area contributed by atoms with Gasteiger partial charge in [-0.2, -0.15) is 0 Å². The van der Waals surface area contributed by atoms with Gasteiger partial charge in [0, 0.05) is 23.9 Å². The topological polar surface area (TPSA) is 64.4 Å². The summed E-state index contributed by atoms with van der Waals surface area (Å²) in [6.07, 6.45) is 5.14. The van der Waals surface area contributed by atoms with Crippen LogP contribution in [0.25, 0.3) is 0 Å². The third-order valence-electron chi connectivity index (χ3n) is 4.50. The van der Waals surface area contributed by atoms with Crippen molar-refractivity contribution in [1.29, 1.82) is 0 Å². The van der Waals surface area contributed by atoms with E-state index in [4.69, 9.17) is 4.74 Å². The van der Waals surface area contributed by atoms with Gasteiger partial charge in [-0.1, -0.05) is 6.42 Å². The Morgan fingerprint density at radius 3 is 2.80 bits per heavy atom. The van der Waals surface area contributed by atoms with Gasteiger partial charge >= 0.3 is 0 Å². The lowest BCUT2D eigenvalue weighted by atomic mass is 9.95. The highest BCUT2D eigenvalue weighted by Gasteiger charge is 2.39. The summed E-state index contributed by atoms with van der Waals surface area (Å²) < 4.78 is 5.42. The molecule has 0 aliphatic heterocycles. The lowest BCUT2D eigenvalue weighted by molar-refractivity contribution is -0.384. The summed E-state index contributed by atoms with van der Waals surface area (Å²) in [7, 11) is 0. The van der Waals surface area contributed by atoms with Crippen LogP contribution in [-0.2, 0) is 0 Å². The van der Waals surface area contributed by atoms with Crippen LogP contribution >= 0.6 is 0 Å². The van der Waals surface area contributed by atoms with E-state index in [9.17, 15) is 10.1 Å². The minimum absolute atomic E-state index is 0.0848. The number of nitrogens with one attached hydrogen (secondary N) is 1. The molecule has 0 saturated heterocycles. The standard InChI is InChI=1S/C15H20N2O3/c1-2-20-14-8-12(7-13(9-14)17(18)19)16-15-6-10-3-4-11(15)5-10/h7-11,15-16H,2-6H2,1H3. The second-order valence-electron chi connectivity index (χ2n) is 5.83. The molecule has 0 radical (unpaired) electrons. The third kappa shape index (κ3) is 2.57. The van der Waals surface area contributed by atoms with Crippen molar-refractivity contribution < 1.29 is 9.66 Å². The first kappa shape index (κ1) is 13.2. The van der Waals surface area contributed by atoms with Gasteiger partial charge < -0.3 is 10.1 Å². The summed E-state index contributed by atoms with van der Waals surface area (Å²) in [5, 5.41) is 14.5. The Bertz CT molecular complexity index is 518. The van der Waals surface area contributed by atoms with E-state index in [0.717, 1.165) is 17.5 Å². The van der Waals surface area contributed by atoms with Gasteiger partial charge in [-0.15, -0.1) is 0 Å². The highest BCUT2D eigenvalue weighted by molar-refractivity contribution is 5.57. The molecule has 3 unspecified atom stereocenters. The summed E-state index contributed by atoms with van der Waals surface area (Å²) in [4.78, 5) is 10.6. The Balaban J connectivity index is 1.79. The molecule has 2 bridgehead atoms. The molecule has 0 aromatic heterocycles. The zero-order valence-electron chi connectivity index (χ0n) is 11.7. The average Bonchev–Trinajstić information content (AvgIpc) is 3.01. The molecule has 1 aromatic carbocycles. The van der Waals surface area contributed by atoms with Crippen LogP contribution in [0.1, 0.15) is 32.6 Å². The highest BCUT2D eigenvalue weighted by Crippen LogP contribution is 2.45. The number of nitrogens with zero attached hydrogens (tertiary/aromatic N) is 1. The number of ether oxygens (including phenoxy) is 1. The molecule has 2 fully saturated rings. The Hall–Kier alpha value is -1.78. The van der Waals surface area contributed by atoms with Crippen molar-refractivity contribution in [2.24, 2.45) is 11.8 Å². The number of nitro groups is 1. The maximum Gasteiger partial charge on any atom is 0.275 e. The largest absolute Gasteiger partial charge is 0.494 e. The van der Waals surface area contributed by atoms with Crippen molar-refractivity contribution >= 4 is 11.4 Å². The maximum absolute atomic E-state index is 11.0. The van der Waals surface area contributed by atoms with Gasteiger partial charge in [0.25, 0.3) is 5.69 Å². The summed E-state index contributed by atoms with van der Waals surface area (Å²) in [6.45, 7) is 2.39. The van der Waals surface area contributed by atoms with E-state index in [1.54, 1.807) is 6.07 Å². The summed E-state index contributed by atoms with van der Waals surface area (Å²) in [5.41, 5.74) is 0.891. The van der Waals surface area contributed by atoms with E-state index in [-0.39, 0.29) is 10.6 Å². The normalized spacial score (nSPS) is 27.6. The van der Waals surface area contributed by atoms with Crippen molar-refractivity contribution in [3.8, 4) is 5.75 Å². The fourth-order valence-corrected chi connectivity index (χ4v) is 3.66. The van der Waals surface area contributed by atoms with E-state index in [1.807, 2.05) is 13.0 Å². The summed E-state index contributed by atoms with van der Waals surface area (Å²) in [5.74, 6) is 2.14. The molecule has 2 aliphatic carbocycles. The number of non-ortho nitro benzene ring substituents is 1. The summed E-state index contributed by atoms with van der Waals surface area (Å²) >= 11 is 0. The van der Waals surface area contributed by atoms with Crippen molar-refractivity contribution in [3.05, 3.63) is 28.3 Å². The van der Waals surface area contributed by atoms with Crippen molar-refractivity contribution in [2.75, 3.05) is 11.9 Å². The molecule has 1 N–H and O–H groups in total. The van der Waals surface area contributed by atoms with Crippen LogP contribution < -0.4 is 10.1 Å². The van der Waals surface area contributed by atoms with Crippen LogP contribution in [0.4, 0.5) is 11.4 Å². The van der Waals surface area contributed by atoms with Crippen LogP contribution in [0.3, 0.4) is 0 Å². The predicted octanol–water partition coefficient (Wildman–Crippen LogP) is 3.59. The second kappa shape index (κ2) is 5.31. The third-order valence-corrected chi connectivity index (χ3v) is 4.50. The number of hydrogen-bond donors (Lipinski definition) is 1. The van der Waals surface area contributed by atoms with Crippen molar-refractivity contribution in [3.63, 3.8) is 0 Å². The molecule has 20 heavy (non-hydrogen) atoms. The van der Waals surface area contributed by atoms with E-state index in [1.165, 1.54) is 31.7 Å². The number of nitro benzene ring substituents is 1. The molecule has 2 aliphatic rings. The lowest BCUT2D eigenvalue weighted by Crippen LogP contribution is -2.25. The minimum Gasteiger partial charge on any atom is -0.494 e. The molecule has 3 rings (SSSR count). The SMILES string of the molecule is CCOc1cc(NC2CC3CCC2C3)cc([N+](=O)[O-])c1. The van der Waals surface area contributed by atoms with Gasteiger partial charge in [-0.05, 0) is 38.0 Å². The molecule has 108 valence electrons. The van der Waals surface area contributed by atoms with E-state index in [2.05, 4.69) is 5.32 Å². The zero-order valence-corrected chi connectivity index (χ0v) is 11.7. The number of rotatable bonds is 5. The Morgan fingerprint density at radius 2 is 2.20 bits per heavy atom. The first-order chi connectivity index (χ1) is 9.65. The highest BCUT2D eigenvalue weighted by atomic mass is 16.6. The Kier molecular flexibility index (Phi) is 3.51. The van der Waals surface area contributed by atoms with Gasteiger partial charge in [0.15, 0.2) is 0 Å². The summed E-state index contributed by atoms with van der Waals surface area (Å²) in [6, 6.07) is 5.41. The maximum atomic E-state index is 11.0. The van der Waals surface area contributed by atoms with E-state index >= 15 is 0 Å². The van der Waals surface area contributed by atoms with Crippen LogP contribution in [0, 0.1) is 22.0 Å². The number of anilines is 1. The fraction of sp³-hybridized carbons (Fsp3) is 0.600. The molecular formula is C15H20N2O3. The van der Waals surface area contributed by atoms with Crippen molar-refractivity contribution in [1.82, 2.24) is 0 Å². The van der Waals surface area contributed by atoms with Gasteiger partial charge in [-0.3, -0.25) is 10.1 Å². The van der Waals surface area contributed by atoms with E-state index in [0.29, 0.717) is 18.4 Å². The molecule has 0 spiro atoms. The monoisotopic (exact) mass is 276 g/mol. The average molecular weight is 276 g/mol. The number of benzene rings is 1. The number of fused-ring (bicyclic) bond motifs is 2. The number of hydrogen-bond acceptors (Lipinski definition) is 4. The molecule has 0 amide bonds. The van der Waals surface area contributed by atoms with Crippen LogP contribution in [0.2, 0.25) is 0 Å². The molecular weight excluding hydrogens is 256 g/mol. The molecule has 5 nitrogen and oxygen atoms in total. The zero-order chi connectivity index (χ0) is 14.1. The molecule has 5 heteroatoms. The van der Waals surface area contributed by atoms with Gasteiger partial charge in [0.05, 0.1) is 17.6 Å². The molecule has 2 saturated carbocycles. The van der Waals surface area contributed by atoms with Gasteiger partial charge in [-0.25, -0.2) is 0 Å². The van der Waals surface area contributed by atoms with Crippen molar-refractivity contribution in [2.45, 2.75) is 38.6 Å². The first-order valence-corrected chi connectivity index (χ1v) is 7.34. The Labute approximate surface area is 118 Å². The second-order valence-corrected chi connectivity index (χ2v) is 5.83. The van der Waals surface area contributed by atoms with E-state index < -0.39 is 0 Å². The van der Waals surface area contributed by atoms with Crippen LogP contribution in [0.15, 0.2) is 18.2 Å². The lowest BCUT2D eigenvalue weighted by Gasteiger charge is -2.24. The smallest absolute Gasteiger partial charge is 0.275 e. The molecule has 3 atom stereocenters. The van der Waals surface area contributed by atoms with Crippen LogP contribution in [-0.4, -0.2) is 17.6 Å². The molecule has 0 heterocycles. The van der Waals surface area contributed by atoms with Crippen LogP contribution in [0.5, 0.6) is 5.75 Å². The molecule has 1 aromatic rings. The quantitative estimate of drug-likeness (QED) is 0.659. The minimum atomic E-state index is -0.367. The van der Waals surface area contributed by atoms with Gasteiger partial charge in [0.1, 0.15) is 5.75 Å².